The first-order valence-electron chi connectivity index (χ1n) is 11.1. The highest BCUT2D eigenvalue weighted by molar-refractivity contribution is 6.01. The molecule has 34 heavy (non-hydrogen) atoms. The summed E-state index contributed by atoms with van der Waals surface area (Å²) >= 11 is 0. The van der Waals surface area contributed by atoms with Crippen LogP contribution in [0.3, 0.4) is 0 Å². The summed E-state index contributed by atoms with van der Waals surface area (Å²) in [5.41, 5.74) is 3.37. The summed E-state index contributed by atoms with van der Waals surface area (Å²) in [4.78, 5) is 34.3. The van der Waals surface area contributed by atoms with Crippen LogP contribution < -0.4 is 5.32 Å². The second kappa shape index (κ2) is 7.43. The first-order chi connectivity index (χ1) is 16.5. The smallest absolute Gasteiger partial charge is 0.413 e. The third kappa shape index (κ3) is 2.85. The molecule has 1 aliphatic heterocycles. The second-order valence-electron chi connectivity index (χ2n) is 8.58. The zero-order chi connectivity index (χ0) is 23.4. The molecule has 6 rings (SSSR count). The maximum atomic E-state index is 13.7. The van der Waals surface area contributed by atoms with Crippen LogP contribution in [0.4, 0.5) is 10.7 Å². The summed E-state index contributed by atoms with van der Waals surface area (Å²) in [5, 5.41) is 14.9. The number of benzene rings is 3. The first-order valence-corrected chi connectivity index (χ1v) is 11.1. The van der Waals surface area contributed by atoms with Crippen LogP contribution in [0, 0.1) is 0 Å². The molecule has 0 bridgehead atoms. The van der Waals surface area contributed by atoms with Gasteiger partial charge in [-0.05, 0) is 42.2 Å². The lowest BCUT2D eigenvalue weighted by molar-refractivity contribution is -0.0705. The fourth-order valence-electron chi connectivity index (χ4n) is 5.27. The van der Waals surface area contributed by atoms with Crippen molar-refractivity contribution in [3.05, 3.63) is 94.5 Å². The van der Waals surface area contributed by atoms with E-state index in [1.165, 1.54) is 12.7 Å². The number of hydrogen-bond acceptors (Lipinski definition) is 5. The van der Waals surface area contributed by atoms with Gasteiger partial charge in [0.25, 0.3) is 5.91 Å². The standard InChI is InChI=1S/C26H22N4O4/c1-34-25(32)29-24-27-20-12-11-16(14-21(20)28-24)26(33)19-9-5-4-8-18(19)23(31)30(26)22-13-10-15-6-2-3-7-17(15)22/h2-9,11-12,14,22,33H,10,13H2,1H3,(H2,27,28,29,32). The molecular weight excluding hydrogens is 432 g/mol. The van der Waals surface area contributed by atoms with E-state index in [1.807, 2.05) is 30.3 Å². The number of aromatic nitrogens is 2. The fraction of sp³-hybridized carbons (Fsp3) is 0.192. The van der Waals surface area contributed by atoms with Crippen molar-refractivity contribution >= 4 is 29.0 Å². The summed E-state index contributed by atoms with van der Waals surface area (Å²) in [7, 11) is 1.27. The number of aryl methyl sites for hydroxylation is 1. The third-order valence-electron chi connectivity index (χ3n) is 6.80. The molecule has 170 valence electrons. The lowest BCUT2D eigenvalue weighted by atomic mass is 9.92. The lowest BCUT2D eigenvalue weighted by Gasteiger charge is -2.39. The molecule has 8 nitrogen and oxygen atoms in total. The van der Waals surface area contributed by atoms with E-state index in [9.17, 15) is 14.7 Å². The monoisotopic (exact) mass is 454 g/mol. The van der Waals surface area contributed by atoms with Crippen LogP contribution in [0.2, 0.25) is 0 Å². The molecule has 0 radical (unpaired) electrons. The van der Waals surface area contributed by atoms with Gasteiger partial charge in [0, 0.05) is 16.7 Å². The van der Waals surface area contributed by atoms with Gasteiger partial charge in [-0.2, -0.15) is 0 Å². The van der Waals surface area contributed by atoms with Gasteiger partial charge in [-0.15, -0.1) is 0 Å². The average molecular weight is 454 g/mol. The Hall–Kier alpha value is -4.17. The average Bonchev–Trinajstić information content (AvgIpc) is 3.52. The Bertz CT molecular complexity index is 1460. The molecule has 2 unspecified atom stereocenters. The van der Waals surface area contributed by atoms with Crippen LogP contribution in [-0.2, 0) is 16.9 Å². The van der Waals surface area contributed by atoms with Crippen LogP contribution >= 0.6 is 0 Å². The summed E-state index contributed by atoms with van der Waals surface area (Å²) < 4.78 is 4.63. The zero-order valence-electron chi connectivity index (χ0n) is 18.4. The van der Waals surface area contributed by atoms with Gasteiger partial charge in [0.05, 0.1) is 24.2 Å². The molecule has 2 atom stereocenters. The normalized spacial score (nSPS) is 20.9. The Morgan fingerprint density at radius 3 is 2.82 bits per heavy atom. The van der Waals surface area contributed by atoms with E-state index in [0.29, 0.717) is 27.7 Å². The molecule has 2 aliphatic rings. The van der Waals surface area contributed by atoms with Gasteiger partial charge >= 0.3 is 6.09 Å². The number of fused-ring (bicyclic) bond motifs is 3. The highest BCUT2D eigenvalue weighted by Gasteiger charge is 2.53. The topological polar surface area (TPSA) is 108 Å². The number of carbonyl (C=O) groups excluding carboxylic acids is 2. The van der Waals surface area contributed by atoms with Gasteiger partial charge in [0.2, 0.25) is 5.95 Å². The lowest BCUT2D eigenvalue weighted by Crippen LogP contribution is -2.46. The van der Waals surface area contributed by atoms with Gasteiger partial charge in [0.1, 0.15) is 0 Å². The molecule has 3 N–H and O–H groups in total. The summed E-state index contributed by atoms with van der Waals surface area (Å²) in [6.07, 6.45) is 0.941. The van der Waals surface area contributed by atoms with Gasteiger partial charge in [-0.3, -0.25) is 15.0 Å². The number of imidazole rings is 1. The Labute approximate surface area is 195 Å². The van der Waals surface area contributed by atoms with Crippen molar-refractivity contribution in [1.29, 1.82) is 0 Å². The van der Waals surface area contributed by atoms with Crippen LogP contribution in [0.5, 0.6) is 0 Å². The predicted molar refractivity (Wildman–Crippen MR) is 125 cm³/mol. The van der Waals surface area contributed by atoms with Crippen molar-refractivity contribution in [1.82, 2.24) is 14.9 Å². The predicted octanol–water partition coefficient (Wildman–Crippen LogP) is 4.08. The van der Waals surface area contributed by atoms with Gasteiger partial charge < -0.3 is 14.8 Å². The SMILES string of the molecule is COC(=O)Nc1nc2cc(C3(O)c4ccccc4C(=O)N3C3CCc4ccccc43)ccc2[nH]1. The van der Waals surface area contributed by atoms with E-state index in [-0.39, 0.29) is 17.9 Å². The molecule has 4 aromatic rings. The maximum absolute atomic E-state index is 13.7. The number of anilines is 1. The molecule has 2 amide bonds. The first kappa shape index (κ1) is 20.4. The van der Waals surface area contributed by atoms with Crippen molar-refractivity contribution in [2.45, 2.75) is 24.6 Å². The number of nitrogens with one attached hydrogen (secondary N) is 2. The van der Waals surface area contributed by atoms with Crippen LogP contribution in [0.15, 0.2) is 66.7 Å². The minimum Gasteiger partial charge on any atom is -0.453 e. The number of methoxy groups -OCH3 is 1. The van der Waals surface area contributed by atoms with Gasteiger partial charge in [-0.1, -0.05) is 48.5 Å². The molecule has 0 saturated heterocycles. The number of ether oxygens (including phenoxy) is 1. The Balaban J connectivity index is 1.50. The molecule has 0 saturated carbocycles. The fourth-order valence-corrected chi connectivity index (χ4v) is 5.27. The third-order valence-corrected chi connectivity index (χ3v) is 6.80. The Morgan fingerprint density at radius 1 is 1.18 bits per heavy atom. The van der Waals surface area contributed by atoms with Crippen molar-refractivity contribution in [3.63, 3.8) is 0 Å². The molecule has 0 fully saturated rings. The molecule has 2 heterocycles. The van der Waals surface area contributed by atoms with Gasteiger partial charge in [0.15, 0.2) is 5.72 Å². The van der Waals surface area contributed by atoms with Crippen molar-refractivity contribution in [2.75, 3.05) is 12.4 Å². The quantitative estimate of drug-likeness (QED) is 0.432. The number of H-pyrrole nitrogens is 1. The summed E-state index contributed by atoms with van der Waals surface area (Å²) in [5.74, 6) is 0.0328. The number of hydrogen-bond donors (Lipinski definition) is 3. The Kier molecular flexibility index (Phi) is 4.46. The Morgan fingerprint density at radius 2 is 1.97 bits per heavy atom. The second-order valence-corrected chi connectivity index (χ2v) is 8.58. The van der Waals surface area contributed by atoms with E-state index >= 15 is 0 Å². The number of carbonyl (C=O) groups is 2. The molecule has 1 aliphatic carbocycles. The largest absolute Gasteiger partial charge is 0.453 e. The van der Waals surface area contributed by atoms with Crippen molar-refractivity contribution in [3.8, 4) is 0 Å². The van der Waals surface area contributed by atoms with E-state index < -0.39 is 11.8 Å². The molecular formula is C26H22N4O4. The van der Waals surface area contributed by atoms with Crippen molar-refractivity contribution < 1.29 is 19.4 Å². The van der Waals surface area contributed by atoms with Crippen LogP contribution in [0.1, 0.15) is 45.1 Å². The van der Waals surface area contributed by atoms with E-state index in [2.05, 4.69) is 26.1 Å². The minimum atomic E-state index is -1.67. The van der Waals surface area contributed by atoms with Crippen LogP contribution in [0.25, 0.3) is 11.0 Å². The summed E-state index contributed by atoms with van der Waals surface area (Å²) in [6, 6.07) is 20.3. The van der Waals surface area contributed by atoms with Crippen LogP contribution in [-0.4, -0.2) is 39.1 Å². The highest BCUT2D eigenvalue weighted by atomic mass is 16.5. The number of nitrogens with zero attached hydrogens (tertiary/aromatic N) is 2. The summed E-state index contributed by atoms with van der Waals surface area (Å²) in [6.45, 7) is 0. The highest BCUT2D eigenvalue weighted by Crippen LogP contribution is 2.50. The van der Waals surface area contributed by atoms with E-state index in [1.54, 1.807) is 35.2 Å². The number of aliphatic hydroxyl groups is 1. The van der Waals surface area contributed by atoms with Crippen molar-refractivity contribution in [2.24, 2.45) is 0 Å². The zero-order valence-corrected chi connectivity index (χ0v) is 18.4. The molecule has 0 spiro atoms. The van der Waals surface area contributed by atoms with E-state index in [0.717, 1.165) is 18.4 Å². The van der Waals surface area contributed by atoms with Gasteiger partial charge in [-0.25, -0.2) is 9.78 Å². The molecule has 8 heteroatoms. The minimum absolute atomic E-state index is 0.199. The number of amides is 2. The molecule has 1 aromatic heterocycles. The number of aromatic amines is 1. The maximum Gasteiger partial charge on any atom is 0.413 e. The molecule has 3 aromatic carbocycles. The van der Waals surface area contributed by atoms with E-state index in [4.69, 9.17) is 0 Å². The number of rotatable bonds is 3.